The van der Waals surface area contributed by atoms with E-state index >= 15 is 0 Å². The molecule has 2 aromatic rings. The number of hydrogen-bond donors (Lipinski definition) is 0. The second-order valence-electron chi connectivity index (χ2n) is 18.4. The molecule has 20 heteroatoms. The summed E-state index contributed by atoms with van der Waals surface area (Å²) < 4.78 is 33.2. The number of aromatic nitrogens is 4. The third kappa shape index (κ3) is 14.7. The molecule has 0 atom stereocenters. The second kappa shape index (κ2) is 19.9. The molecule has 2 amide bonds. The van der Waals surface area contributed by atoms with Gasteiger partial charge in [0.15, 0.2) is 11.6 Å². The van der Waals surface area contributed by atoms with Gasteiger partial charge in [0.1, 0.15) is 46.6 Å². The molecule has 4 rings (SSSR count). The Morgan fingerprint density at radius 3 is 1.37 bits per heavy atom. The lowest BCUT2D eigenvalue weighted by Crippen LogP contribution is -2.40. The van der Waals surface area contributed by atoms with E-state index in [2.05, 4.69) is 10.2 Å². The summed E-state index contributed by atoms with van der Waals surface area (Å²) in [5.41, 5.74) is -1.29. The molecule has 344 valence electrons. The highest BCUT2D eigenvalue weighted by Gasteiger charge is 2.37. The quantitative estimate of drug-likeness (QED) is 0.124. The second-order valence-corrected chi connectivity index (χ2v) is 18.4. The van der Waals surface area contributed by atoms with E-state index in [0.717, 1.165) is 9.36 Å². The summed E-state index contributed by atoms with van der Waals surface area (Å²) in [6.07, 6.45) is -3.11. The summed E-state index contributed by atoms with van der Waals surface area (Å²) in [5, 5.41) is 8.43. The first-order chi connectivity index (χ1) is 28.4. The van der Waals surface area contributed by atoms with Crippen LogP contribution in [0.2, 0.25) is 0 Å². The smallest absolute Gasteiger partial charge is 0.435 e. The summed E-state index contributed by atoms with van der Waals surface area (Å²) in [6.45, 7) is 25.0. The van der Waals surface area contributed by atoms with Gasteiger partial charge in [-0.3, -0.25) is 19.2 Å². The fourth-order valence-electron chi connectivity index (χ4n) is 6.01. The maximum Gasteiger partial charge on any atom is 0.435 e. The first-order valence-electron chi connectivity index (χ1n) is 20.4. The van der Waals surface area contributed by atoms with Crippen molar-refractivity contribution in [2.45, 2.75) is 158 Å². The van der Waals surface area contributed by atoms with Crippen LogP contribution in [-0.4, -0.2) is 126 Å². The van der Waals surface area contributed by atoms with Crippen LogP contribution in [0.5, 0.6) is 0 Å². The van der Waals surface area contributed by atoms with Gasteiger partial charge >= 0.3 is 36.3 Å². The predicted octanol–water partition coefficient (Wildman–Crippen LogP) is 6.19. The van der Waals surface area contributed by atoms with E-state index in [4.69, 9.17) is 28.4 Å². The van der Waals surface area contributed by atoms with Crippen molar-refractivity contribution in [2.24, 2.45) is 0 Å². The van der Waals surface area contributed by atoms with Gasteiger partial charge in [-0.15, -0.1) is 0 Å². The van der Waals surface area contributed by atoms with Gasteiger partial charge in [-0.2, -0.15) is 19.6 Å². The van der Waals surface area contributed by atoms with Crippen molar-refractivity contribution in [3.05, 3.63) is 33.9 Å². The van der Waals surface area contributed by atoms with E-state index < -0.39 is 83.1 Å². The highest BCUT2D eigenvalue weighted by molar-refractivity contribution is 6.07. The minimum absolute atomic E-state index is 0.0247. The molecule has 0 aromatic carbocycles. The maximum absolute atomic E-state index is 13.0. The number of nitrogens with zero attached hydrogens (tertiary/aromatic N) is 6. The Balaban J connectivity index is 0.000000330. The van der Waals surface area contributed by atoms with Gasteiger partial charge < -0.3 is 38.2 Å². The molecule has 2 aliphatic heterocycles. The zero-order chi connectivity index (χ0) is 47.1. The molecule has 0 bridgehead atoms. The number of ketones is 2. The summed E-state index contributed by atoms with van der Waals surface area (Å²) in [4.78, 5) is 103. The summed E-state index contributed by atoms with van der Waals surface area (Å²) in [5.74, 6) is -2.63. The molecule has 0 spiro atoms. The van der Waals surface area contributed by atoms with Crippen LogP contribution in [0.3, 0.4) is 0 Å². The summed E-state index contributed by atoms with van der Waals surface area (Å²) >= 11 is 0. The number of hydrogen-bond acceptors (Lipinski definition) is 16. The average Bonchev–Trinajstić information content (AvgIpc) is 3.68. The summed E-state index contributed by atoms with van der Waals surface area (Å²) in [7, 11) is 0. The fourth-order valence-corrected chi connectivity index (χ4v) is 6.01. The molecule has 0 unspecified atom stereocenters. The normalized spacial score (nSPS) is 14.0. The molecule has 20 nitrogen and oxygen atoms in total. The van der Waals surface area contributed by atoms with Crippen molar-refractivity contribution in [3.63, 3.8) is 0 Å². The average molecular weight is 875 g/mol. The van der Waals surface area contributed by atoms with Crippen molar-refractivity contribution in [2.75, 3.05) is 26.3 Å². The lowest BCUT2D eigenvalue weighted by molar-refractivity contribution is -0.143. The number of carbonyl (C=O) groups is 8. The zero-order valence-corrected chi connectivity index (χ0v) is 38.5. The molecule has 62 heavy (non-hydrogen) atoms. The standard InChI is InChI=1S/2C21H31N3O7/c1-8-29-16(26)11-15(25)17-13-12-23(18(27)30-20(2,3)4)10-9-14(13)24(22-17)19(28)31-21(5,6)7;1-8-29-16(26)11-15(25)17-13-12-23(18(27)30-20(2,3)4)10-9-14(13)22-24(17)19(28)31-21(5,6)7/h2*8-12H2,1-7H3. The molecule has 0 aliphatic carbocycles. The number of esters is 2. The Bertz CT molecular complexity index is 2010. The molecule has 2 aromatic heterocycles. The Morgan fingerprint density at radius 2 is 0.919 bits per heavy atom. The van der Waals surface area contributed by atoms with Crippen molar-refractivity contribution < 1.29 is 66.8 Å². The molecule has 2 aliphatic rings. The molecule has 0 saturated carbocycles. The van der Waals surface area contributed by atoms with E-state index in [0.29, 0.717) is 35.5 Å². The number of carbonyl (C=O) groups excluding carboxylic acids is 8. The monoisotopic (exact) mass is 874 g/mol. The minimum atomic E-state index is -0.835. The fraction of sp³-hybridized carbons (Fsp3) is 0.667. The number of amides is 2. The number of ether oxygens (including phenoxy) is 6. The van der Waals surface area contributed by atoms with Gasteiger partial charge in [0.05, 0.1) is 37.7 Å². The van der Waals surface area contributed by atoms with Crippen LogP contribution in [-0.2, 0) is 63.9 Å². The van der Waals surface area contributed by atoms with E-state index in [9.17, 15) is 38.4 Å². The van der Waals surface area contributed by atoms with Gasteiger partial charge in [-0.25, -0.2) is 19.2 Å². The third-order valence-electron chi connectivity index (χ3n) is 8.28. The molecular weight excluding hydrogens is 812 g/mol. The number of fused-ring (bicyclic) bond motifs is 2. The molecule has 0 fully saturated rings. The largest absolute Gasteiger partial charge is 0.466 e. The lowest BCUT2D eigenvalue weighted by Gasteiger charge is -2.30. The van der Waals surface area contributed by atoms with Crippen LogP contribution in [0.1, 0.15) is 153 Å². The van der Waals surface area contributed by atoms with Gasteiger partial charge in [0, 0.05) is 37.1 Å². The van der Waals surface area contributed by atoms with Crippen LogP contribution < -0.4 is 0 Å². The maximum atomic E-state index is 13.0. The Morgan fingerprint density at radius 1 is 0.516 bits per heavy atom. The SMILES string of the molecule is CCOC(=O)CC(=O)c1c2c(nn1C(=O)OC(C)(C)C)CCN(C(=O)OC(C)(C)C)C2.CCOC(=O)CC(=O)c1nn(C(=O)OC(C)(C)C)c2c1CN(C(=O)OC(C)(C)C)CC2. The van der Waals surface area contributed by atoms with Gasteiger partial charge in [-0.1, -0.05) is 0 Å². The van der Waals surface area contributed by atoms with Crippen LogP contribution in [0.4, 0.5) is 19.2 Å². The van der Waals surface area contributed by atoms with Crippen LogP contribution in [0.15, 0.2) is 0 Å². The van der Waals surface area contributed by atoms with Crippen molar-refractivity contribution in [1.82, 2.24) is 29.4 Å². The van der Waals surface area contributed by atoms with Crippen molar-refractivity contribution >= 4 is 47.9 Å². The highest BCUT2D eigenvalue weighted by Crippen LogP contribution is 2.28. The first kappa shape index (κ1) is 50.5. The van der Waals surface area contributed by atoms with Crippen LogP contribution in [0, 0.1) is 0 Å². The van der Waals surface area contributed by atoms with E-state index in [1.165, 1.54) is 9.80 Å². The van der Waals surface area contributed by atoms with Gasteiger partial charge in [0.25, 0.3) is 0 Å². The van der Waals surface area contributed by atoms with Crippen molar-refractivity contribution in [1.29, 1.82) is 0 Å². The Labute approximate surface area is 361 Å². The molecule has 0 radical (unpaired) electrons. The zero-order valence-electron chi connectivity index (χ0n) is 38.5. The van der Waals surface area contributed by atoms with E-state index in [1.807, 2.05) is 0 Å². The highest BCUT2D eigenvalue weighted by atomic mass is 16.6. The molecule has 0 saturated heterocycles. The Kier molecular flexibility index (Phi) is 16.2. The molecule has 0 N–H and O–H groups in total. The first-order valence-corrected chi connectivity index (χ1v) is 20.4. The Hall–Kier alpha value is -5.82. The topological polar surface area (TPSA) is 234 Å². The third-order valence-corrected chi connectivity index (χ3v) is 8.28. The van der Waals surface area contributed by atoms with Gasteiger partial charge in [0.2, 0.25) is 0 Å². The van der Waals surface area contributed by atoms with Crippen LogP contribution >= 0.6 is 0 Å². The van der Waals surface area contributed by atoms with Crippen molar-refractivity contribution in [3.8, 4) is 0 Å². The number of Topliss-reactive ketones (excluding diaryl/α,β-unsaturated/α-hetero) is 2. The van der Waals surface area contributed by atoms with Crippen LogP contribution in [0.25, 0.3) is 0 Å². The number of rotatable bonds is 8. The molecular formula is C42H62N6O14. The lowest BCUT2D eigenvalue weighted by atomic mass is 10.0. The summed E-state index contributed by atoms with van der Waals surface area (Å²) in [6, 6.07) is 0. The predicted molar refractivity (Wildman–Crippen MR) is 220 cm³/mol. The molecule has 4 heterocycles. The van der Waals surface area contributed by atoms with E-state index in [-0.39, 0.29) is 50.7 Å². The van der Waals surface area contributed by atoms with Gasteiger partial charge in [-0.05, 0) is 96.9 Å². The van der Waals surface area contributed by atoms with E-state index in [1.54, 1.807) is 96.9 Å². The minimum Gasteiger partial charge on any atom is -0.466 e.